The van der Waals surface area contributed by atoms with Gasteiger partial charge in [-0.25, -0.2) is 9.59 Å². The molecule has 0 bridgehead atoms. The lowest BCUT2D eigenvalue weighted by molar-refractivity contribution is -0.141. The fourth-order valence-corrected chi connectivity index (χ4v) is 2.54. The van der Waals surface area contributed by atoms with E-state index in [2.05, 4.69) is 5.32 Å². The van der Waals surface area contributed by atoms with E-state index >= 15 is 0 Å². The molecule has 6 nitrogen and oxygen atoms in total. The summed E-state index contributed by atoms with van der Waals surface area (Å²) in [5.41, 5.74) is 0. The average Bonchev–Trinajstić information content (AvgIpc) is 2.64. The minimum Gasteiger partial charge on any atom is -0.480 e. The first-order valence-electron chi connectivity index (χ1n) is 6.53. The van der Waals surface area contributed by atoms with Crippen LogP contribution in [0.2, 0.25) is 0 Å². The molecule has 2 rings (SSSR count). The number of hydrogen-bond donors (Lipinski definition) is 3. The van der Waals surface area contributed by atoms with Gasteiger partial charge in [-0.1, -0.05) is 19.3 Å². The summed E-state index contributed by atoms with van der Waals surface area (Å²) >= 11 is 0. The smallest absolute Gasteiger partial charge is 0.326 e. The van der Waals surface area contributed by atoms with Crippen molar-refractivity contribution in [1.82, 2.24) is 10.2 Å². The lowest BCUT2D eigenvalue weighted by Gasteiger charge is -2.26. The molecule has 1 aliphatic carbocycles. The number of aliphatic carboxylic acids is 1. The van der Waals surface area contributed by atoms with Gasteiger partial charge in [0.15, 0.2) is 0 Å². The number of carboxylic acid groups (broad SMARTS) is 1. The van der Waals surface area contributed by atoms with Gasteiger partial charge in [0.05, 0.1) is 6.10 Å². The standard InChI is InChI=1S/C12H20N2O4/c15-9-6-10(11(16)17)14(7-9)12(18)13-5-4-8-2-1-3-8/h8-10,15H,1-7H2,(H,13,18)(H,16,17)/t9-,10-/m1/s1. The minimum absolute atomic E-state index is 0.103. The number of carbonyl (C=O) groups excluding carboxylic acids is 1. The summed E-state index contributed by atoms with van der Waals surface area (Å²) in [5.74, 6) is -0.342. The van der Waals surface area contributed by atoms with Crippen molar-refractivity contribution >= 4 is 12.0 Å². The van der Waals surface area contributed by atoms with E-state index in [1.807, 2.05) is 0 Å². The lowest BCUT2D eigenvalue weighted by atomic mass is 9.83. The van der Waals surface area contributed by atoms with Gasteiger partial charge in [-0.05, 0) is 12.3 Å². The predicted molar refractivity (Wildman–Crippen MR) is 64.1 cm³/mol. The Labute approximate surface area is 106 Å². The third-order valence-electron chi connectivity index (χ3n) is 3.88. The van der Waals surface area contributed by atoms with Crippen LogP contribution in [-0.4, -0.2) is 52.3 Å². The fourth-order valence-electron chi connectivity index (χ4n) is 2.54. The first-order chi connectivity index (χ1) is 8.58. The monoisotopic (exact) mass is 256 g/mol. The number of aliphatic hydroxyl groups is 1. The van der Waals surface area contributed by atoms with Crippen molar-refractivity contribution in [3.05, 3.63) is 0 Å². The van der Waals surface area contributed by atoms with Crippen LogP contribution in [0.1, 0.15) is 32.1 Å². The highest BCUT2D eigenvalue weighted by Gasteiger charge is 2.38. The average molecular weight is 256 g/mol. The van der Waals surface area contributed by atoms with Crippen molar-refractivity contribution in [3.8, 4) is 0 Å². The molecule has 2 aliphatic rings. The lowest BCUT2D eigenvalue weighted by Crippen LogP contribution is -2.46. The van der Waals surface area contributed by atoms with Crippen molar-refractivity contribution in [1.29, 1.82) is 0 Å². The molecule has 2 fully saturated rings. The molecule has 2 atom stereocenters. The number of rotatable bonds is 4. The number of β-amino-alcohol motifs (C(OH)–C–C–N with tert-alkyl or cyclic N) is 1. The van der Waals surface area contributed by atoms with Crippen LogP contribution in [0, 0.1) is 5.92 Å². The Bertz CT molecular complexity index is 330. The Morgan fingerprint density at radius 2 is 2.06 bits per heavy atom. The fraction of sp³-hybridized carbons (Fsp3) is 0.833. The van der Waals surface area contributed by atoms with E-state index in [-0.39, 0.29) is 19.0 Å². The topological polar surface area (TPSA) is 89.9 Å². The van der Waals surface area contributed by atoms with E-state index in [0.29, 0.717) is 12.5 Å². The van der Waals surface area contributed by atoms with Gasteiger partial charge >= 0.3 is 12.0 Å². The van der Waals surface area contributed by atoms with Crippen molar-refractivity contribution < 1.29 is 19.8 Å². The summed E-state index contributed by atoms with van der Waals surface area (Å²) < 4.78 is 0. The van der Waals surface area contributed by atoms with Crippen molar-refractivity contribution in [2.75, 3.05) is 13.1 Å². The Morgan fingerprint density at radius 1 is 1.33 bits per heavy atom. The van der Waals surface area contributed by atoms with Crippen LogP contribution in [0.4, 0.5) is 4.79 Å². The van der Waals surface area contributed by atoms with E-state index < -0.39 is 18.1 Å². The molecule has 3 N–H and O–H groups in total. The number of carboxylic acids is 1. The highest BCUT2D eigenvalue weighted by Crippen LogP contribution is 2.28. The van der Waals surface area contributed by atoms with Crippen molar-refractivity contribution in [3.63, 3.8) is 0 Å². The van der Waals surface area contributed by atoms with E-state index in [4.69, 9.17) is 5.11 Å². The molecule has 0 unspecified atom stereocenters. The second-order valence-electron chi connectivity index (χ2n) is 5.21. The number of hydrogen-bond acceptors (Lipinski definition) is 3. The highest BCUT2D eigenvalue weighted by molar-refractivity contribution is 5.83. The molecule has 1 aliphatic heterocycles. The summed E-state index contributed by atoms with van der Waals surface area (Å²) in [7, 11) is 0. The van der Waals surface area contributed by atoms with Gasteiger partial charge in [-0.3, -0.25) is 0 Å². The molecule has 1 saturated heterocycles. The van der Waals surface area contributed by atoms with Gasteiger partial charge < -0.3 is 20.4 Å². The van der Waals surface area contributed by atoms with Crippen LogP contribution in [-0.2, 0) is 4.79 Å². The SMILES string of the molecule is O=C(O)[C@H]1C[C@@H](O)CN1C(=O)NCCC1CCC1. The number of nitrogens with one attached hydrogen (secondary N) is 1. The maximum atomic E-state index is 11.8. The van der Waals surface area contributed by atoms with Gasteiger partial charge in [-0.15, -0.1) is 0 Å². The minimum atomic E-state index is -1.05. The number of carbonyl (C=O) groups is 2. The van der Waals surface area contributed by atoms with Gasteiger partial charge in [0.2, 0.25) is 0 Å². The second kappa shape index (κ2) is 5.56. The normalized spacial score (nSPS) is 27.9. The van der Waals surface area contributed by atoms with Crippen molar-refractivity contribution in [2.24, 2.45) is 5.92 Å². The Kier molecular flexibility index (Phi) is 4.06. The van der Waals surface area contributed by atoms with Crippen LogP contribution < -0.4 is 5.32 Å². The summed E-state index contributed by atoms with van der Waals surface area (Å²) in [4.78, 5) is 24.0. The summed E-state index contributed by atoms with van der Waals surface area (Å²) in [6.07, 6.45) is 4.08. The first kappa shape index (κ1) is 13.1. The molecule has 102 valence electrons. The van der Waals surface area contributed by atoms with Gasteiger partial charge in [0, 0.05) is 19.5 Å². The zero-order chi connectivity index (χ0) is 13.1. The molecular formula is C12H20N2O4. The molecule has 0 aromatic rings. The van der Waals surface area contributed by atoms with Gasteiger partial charge in [-0.2, -0.15) is 0 Å². The highest BCUT2D eigenvalue weighted by atomic mass is 16.4. The number of nitrogens with zero attached hydrogens (tertiary/aromatic N) is 1. The molecule has 0 aromatic heterocycles. The maximum absolute atomic E-state index is 11.8. The van der Waals surface area contributed by atoms with E-state index in [1.54, 1.807) is 0 Å². The van der Waals surface area contributed by atoms with E-state index in [0.717, 1.165) is 6.42 Å². The number of urea groups is 1. The molecular weight excluding hydrogens is 236 g/mol. The zero-order valence-corrected chi connectivity index (χ0v) is 10.3. The van der Waals surface area contributed by atoms with Crippen LogP contribution in [0.25, 0.3) is 0 Å². The largest absolute Gasteiger partial charge is 0.480 e. The number of amides is 2. The quantitative estimate of drug-likeness (QED) is 0.679. The molecule has 0 radical (unpaired) electrons. The number of likely N-dealkylation sites (tertiary alicyclic amines) is 1. The van der Waals surface area contributed by atoms with Crippen LogP contribution in [0.15, 0.2) is 0 Å². The van der Waals surface area contributed by atoms with Gasteiger partial charge in [0.1, 0.15) is 6.04 Å². The zero-order valence-electron chi connectivity index (χ0n) is 10.3. The molecule has 1 saturated carbocycles. The van der Waals surface area contributed by atoms with Gasteiger partial charge in [0.25, 0.3) is 0 Å². The first-order valence-corrected chi connectivity index (χ1v) is 6.53. The summed E-state index contributed by atoms with van der Waals surface area (Å²) in [5, 5.41) is 21.2. The Hall–Kier alpha value is -1.30. The van der Waals surface area contributed by atoms with Crippen LogP contribution >= 0.6 is 0 Å². The van der Waals surface area contributed by atoms with E-state index in [1.165, 1.54) is 24.2 Å². The molecule has 0 spiro atoms. The summed E-state index contributed by atoms with van der Waals surface area (Å²) in [6, 6.07) is -1.28. The molecule has 6 heteroatoms. The number of aliphatic hydroxyl groups excluding tert-OH is 1. The Morgan fingerprint density at radius 3 is 2.61 bits per heavy atom. The van der Waals surface area contributed by atoms with Crippen molar-refractivity contribution in [2.45, 2.75) is 44.2 Å². The van der Waals surface area contributed by atoms with E-state index in [9.17, 15) is 14.7 Å². The van der Waals surface area contributed by atoms with Crippen LogP contribution in [0.5, 0.6) is 0 Å². The van der Waals surface area contributed by atoms with Crippen LogP contribution in [0.3, 0.4) is 0 Å². The maximum Gasteiger partial charge on any atom is 0.326 e. The molecule has 18 heavy (non-hydrogen) atoms. The third-order valence-corrected chi connectivity index (χ3v) is 3.88. The summed E-state index contributed by atoms with van der Waals surface area (Å²) in [6.45, 7) is 0.689. The molecule has 1 heterocycles. The molecule has 0 aromatic carbocycles. The Balaban J connectivity index is 1.77. The predicted octanol–water partition coefficient (Wildman–Crippen LogP) is 0.406. The molecule has 2 amide bonds. The third kappa shape index (κ3) is 2.93. The second-order valence-corrected chi connectivity index (χ2v) is 5.21.